The van der Waals surface area contributed by atoms with Gasteiger partial charge in [0.1, 0.15) is 0 Å². The summed E-state index contributed by atoms with van der Waals surface area (Å²) in [6, 6.07) is 6.76. The van der Waals surface area contributed by atoms with E-state index in [4.69, 9.17) is 0 Å². The first-order valence-electron chi connectivity index (χ1n) is 9.28. The number of hydrogen-bond donors (Lipinski definition) is 1. The summed E-state index contributed by atoms with van der Waals surface area (Å²) in [5.41, 5.74) is 3.52. The zero-order valence-corrected chi connectivity index (χ0v) is 15.1. The topological polar surface area (TPSA) is 32.3 Å². The summed E-state index contributed by atoms with van der Waals surface area (Å²) in [5.74, 6) is 3.68. The summed E-state index contributed by atoms with van der Waals surface area (Å²) in [4.78, 5) is 15.2. The Kier molecular flexibility index (Phi) is 4.12. The first-order valence-corrected chi connectivity index (χ1v) is 9.28. The summed E-state index contributed by atoms with van der Waals surface area (Å²) in [6.07, 6.45) is 6.93. The summed E-state index contributed by atoms with van der Waals surface area (Å²) >= 11 is 0. The first-order chi connectivity index (χ1) is 11.2. The second kappa shape index (κ2) is 6.03. The molecule has 130 valence electrons. The van der Waals surface area contributed by atoms with Gasteiger partial charge in [0.05, 0.1) is 0 Å². The number of nitrogens with zero attached hydrogens (tertiary/aromatic N) is 1. The summed E-state index contributed by atoms with van der Waals surface area (Å²) in [5, 5.41) is 3.36. The van der Waals surface area contributed by atoms with Crippen LogP contribution in [0, 0.1) is 23.7 Å². The van der Waals surface area contributed by atoms with Crippen molar-refractivity contribution in [1.29, 1.82) is 0 Å². The molecule has 24 heavy (non-hydrogen) atoms. The first kappa shape index (κ1) is 16.4. The average Bonchev–Trinajstić information content (AvgIpc) is 3.00. The minimum atomic E-state index is 0. The van der Waals surface area contributed by atoms with Crippen LogP contribution < -0.4 is 5.32 Å². The van der Waals surface area contributed by atoms with Crippen LogP contribution in [-0.2, 0) is 13.1 Å². The number of carbonyl (C=O) groups excluding carboxylic acids is 1. The molecule has 1 heterocycles. The lowest BCUT2D eigenvalue weighted by Gasteiger charge is -2.56. The SMILES string of the molecule is CN(C(=O)c1ccc2c(c1)CNC2)C1C2CC3CC(C2)CC1C3.Cl. The summed E-state index contributed by atoms with van der Waals surface area (Å²) in [7, 11) is 2.06. The van der Waals surface area contributed by atoms with E-state index in [9.17, 15) is 4.79 Å². The van der Waals surface area contributed by atoms with Gasteiger partial charge in [-0.2, -0.15) is 0 Å². The van der Waals surface area contributed by atoms with E-state index in [0.29, 0.717) is 6.04 Å². The molecular formula is C20H27ClN2O. The van der Waals surface area contributed by atoms with Crippen LogP contribution in [0.4, 0.5) is 0 Å². The maximum absolute atomic E-state index is 13.1. The van der Waals surface area contributed by atoms with Crippen molar-refractivity contribution in [3.63, 3.8) is 0 Å². The van der Waals surface area contributed by atoms with Crippen LogP contribution in [0.5, 0.6) is 0 Å². The zero-order valence-electron chi connectivity index (χ0n) is 14.3. The van der Waals surface area contributed by atoms with Gasteiger partial charge >= 0.3 is 0 Å². The lowest BCUT2D eigenvalue weighted by Crippen LogP contribution is -2.56. The number of halogens is 1. The Morgan fingerprint density at radius 2 is 1.62 bits per heavy atom. The molecule has 0 unspecified atom stereocenters. The van der Waals surface area contributed by atoms with E-state index in [1.807, 2.05) is 6.07 Å². The van der Waals surface area contributed by atoms with E-state index in [1.54, 1.807) is 0 Å². The van der Waals surface area contributed by atoms with E-state index < -0.39 is 0 Å². The number of benzene rings is 1. The van der Waals surface area contributed by atoms with Gasteiger partial charge in [-0.1, -0.05) is 6.07 Å². The fraction of sp³-hybridized carbons (Fsp3) is 0.650. The molecule has 0 radical (unpaired) electrons. The third kappa shape index (κ3) is 2.48. The molecule has 0 saturated heterocycles. The Labute approximate surface area is 150 Å². The quantitative estimate of drug-likeness (QED) is 0.887. The number of amides is 1. The summed E-state index contributed by atoms with van der Waals surface area (Å²) in [6.45, 7) is 1.84. The molecule has 5 aliphatic rings. The Morgan fingerprint density at radius 1 is 1.00 bits per heavy atom. The molecule has 3 nitrogen and oxygen atoms in total. The van der Waals surface area contributed by atoms with Crippen LogP contribution in [0.2, 0.25) is 0 Å². The molecule has 4 heteroatoms. The van der Waals surface area contributed by atoms with Crippen LogP contribution in [0.15, 0.2) is 18.2 Å². The predicted octanol–water partition coefficient (Wildman–Crippen LogP) is 3.61. The van der Waals surface area contributed by atoms with Crippen LogP contribution in [0.25, 0.3) is 0 Å². The fourth-order valence-electron chi connectivity index (χ4n) is 6.30. The van der Waals surface area contributed by atoms with Crippen LogP contribution in [0.1, 0.15) is 53.6 Å². The third-order valence-corrected chi connectivity index (χ3v) is 7.03. The molecule has 1 aliphatic heterocycles. The molecule has 1 aromatic carbocycles. The molecule has 0 spiro atoms. The van der Waals surface area contributed by atoms with Crippen molar-refractivity contribution >= 4 is 18.3 Å². The van der Waals surface area contributed by atoms with Crippen molar-refractivity contribution in [1.82, 2.24) is 10.2 Å². The molecule has 4 bridgehead atoms. The van der Waals surface area contributed by atoms with E-state index in [1.165, 1.54) is 43.2 Å². The molecule has 4 fully saturated rings. The highest BCUT2D eigenvalue weighted by molar-refractivity contribution is 5.94. The minimum absolute atomic E-state index is 0. The van der Waals surface area contributed by atoms with Crippen molar-refractivity contribution in [2.75, 3.05) is 7.05 Å². The van der Waals surface area contributed by atoms with Crippen LogP contribution >= 0.6 is 12.4 Å². The van der Waals surface area contributed by atoms with E-state index >= 15 is 0 Å². The lowest BCUT2D eigenvalue weighted by atomic mass is 9.54. The highest BCUT2D eigenvalue weighted by Crippen LogP contribution is 2.55. The van der Waals surface area contributed by atoms with Gasteiger partial charge < -0.3 is 10.2 Å². The van der Waals surface area contributed by atoms with Gasteiger partial charge in [0.25, 0.3) is 5.91 Å². The van der Waals surface area contributed by atoms with Crippen molar-refractivity contribution < 1.29 is 4.79 Å². The van der Waals surface area contributed by atoms with E-state index in [-0.39, 0.29) is 18.3 Å². The summed E-state index contributed by atoms with van der Waals surface area (Å²) < 4.78 is 0. The number of hydrogen-bond acceptors (Lipinski definition) is 2. The number of nitrogens with one attached hydrogen (secondary N) is 1. The molecule has 4 aliphatic carbocycles. The molecule has 0 atom stereocenters. The monoisotopic (exact) mass is 346 g/mol. The van der Waals surface area contributed by atoms with Crippen molar-refractivity contribution in [3.8, 4) is 0 Å². The molecule has 1 aromatic rings. The molecule has 4 saturated carbocycles. The minimum Gasteiger partial charge on any atom is -0.338 e. The maximum Gasteiger partial charge on any atom is 0.253 e. The van der Waals surface area contributed by atoms with E-state index in [0.717, 1.165) is 42.3 Å². The van der Waals surface area contributed by atoms with Crippen molar-refractivity contribution in [2.24, 2.45) is 23.7 Å². The number of carbonyl (C=O) groups is 1. The number of fused-ring (bicyclic) bond motifs is 1. The normalized spacial score (nSPS) is 35.5. The molecule has 1 N–H and O–H groups in total. The zero-order chi connectivity index (χ0) is 15.6. The lowest BCUT2D eigenvalue weighted by molar-refractivity contribution is -0.0491. The highest BCUT2D eigenvalue weighted by atomic mass is 35.5. The van der Waals surface area contributed by atoms with Gasteiger partial charge in [-0.25, -0.2) is 0 Å². The second-order valence-electron chi connectivity index (χ2n) is 8.42. The Bertz CT molecular complexity index is 631. The molecule has 6 rings (SSSR count). The smallest absolute Gasteiger partial charge is 0.253 e. The number of rotatable bonds is 2. The predicted molar refractivity (Wildman–Crippen MR) is 97.2 cm³/mol. The Balaban J connectivity index is 0.00000146. The van der Waals surface area contributed by atoms with Crippen LogP contribution in [-0.4, -0.2) is 23.9 Å². The van der Waals surface area contributed by atoms with Gasteiger partial charge in [-0.15, -0.1) is 12.4 Å². The van der Waals surface area contributed by atoms with Gasteiger partial charge in [0.2, 0.25) is 0 Å². The van der Waals surface area contributed by atoms with Gasteiger partial charge in [0.15, 0.2) is 0 Å². The molecule has 0 aromatic heterocycles. The van der Waals surface area contributed by atoms with Crippen molar-refractivity contribution in [2.45, 2.75) is 51.2 Å². The third-order valence-electron chi connectivity index (χ3n) is 7.03. The van der Waals surface area contributed by atoms with Gasteiger partial charge in [-0.05, 0) is 79.0 Å². The second-order valence-corrected chi connectivity index (χ2v) is 8.42. The van der Waals surface area contributed by atoms with E-state index in [2.05, 4.69) is 29.4 Å². The Morgan fingerprint density at radius 3 is 2.29 bits per heavy atom. The maximum atomic E-state index is 13.1. The van der Waals surface area contributed by atoms with Crippen molar-refractivity contribution in [3.05, 3.63) is 34.9 Å². The van der Waals surface area contributed by atoms with Gasteiger partial charge in [0, 0.05) is 31.7 Å². The largest absolute Gasteiger partial charge is 0.338 e. The standard InChI is InChI=1S/C20H26N2O.ClH/c1-22(19-16-5-12-4-13(7-16)8-17(19)6-12)20(23)14-2-3-15-10-21-11-18(15)9-14;/h2-3,9,12-13,16-17,19,21H,4-8,10-11H2,1H3;1H. The molecular weight excluding hydrogens is 320 g/mol. The van der Waals surface area contributed by atoms with Gasteiger partial charge in [-0.3, -0.25) is 4.79 Å². The average molecular weight is 347 g/mol. The fourth-order valence-corrected chi connectivity index (χ4v) is 6.30. The molecule has 1 amide bonds. The Hall–Kier alpha value is -1.06. The van der Waals surface area contributed by atoms with Crippen LogP contribution in [0.3, 0.4) is 0 Å². The highest BCUT2D eigenvalue weighted by Gasteiger charge is 2.50.